The fourth-order valence-electron chi connectivity index (χ4n) is 2.40. The van der Waals surface area contributed by atoms with Gasteiger partial charge in [0.05, 0.1) is 6.20 Å². The number of aryl methyl sites for hydroxylation is 1. The monoisotopic (exact) mass is 306 g/mol. The van der Waals surface area contributed by atoms with E-state index in [-0.39, 0.29) is 5.56 Å². The Kier molecular flexibility index (Phi) is 4.47. The molecule has 0 saturated carbocycles. The maximum absolute atomic E-state index is 11.4. The predicted molar refractivity (Wildman–Crippen MR) is 90.9 cm³/mol. The van der Waals surface area contributed by atoms with Crippen molar-refractivity contribution in [3.63, 3.8) is 0 Å². The van der Waals surface area contributed by atoms with E-state index in [9.17, 15) is 4.79 Å². The van der Waals surface area contributed by atoms with Crippen molar-refractivity contribution >= 4 is 0 Å². The highest BCUT2D eigenvalue weighted by atomic mass is 16.1. The fourth-order valence-corrected chi connectivity index (χ4v) is 2.40. The van der Waals surface area contributed by atoms with Gasteiger partial charge in [0.25, 0.3) is 0 Å². The highest BCUT2D eigenvalue weighted by Gasteiger charge is 2.05. The first-order valence-corrected chi connectivity index (χ1v) is 7.57. The van der Waals surface area contributed by atoms with Gasteiger partial charge in [0, 0.05) is 24.4 Å². The quantitative estimate of drug-likeness (QED) is 0.561. The normalized spacial score (nSPS) is 10.6. The van der Waals surface area contributed by atoms with E-state index in [1.54, 1.807) is 12.3 Å². The molecule has 0 unspecified atom stereocenters. The number of rotatable bonds is 6. The van der Waals surface area contributed by atoms with Gasteiger partial charge in [-0.05, 0) is 30.0 Å². The molecule has 0 amide bonds. The summed E-state index contributed by atoms with van der Waals surface area (Å²) in [4.78, 5) is 14.0. The second-order valence-corrected chi connectivity index (χ2v) is 5.32. The second-order valence-electron chi connectivity index (χ2n) is 5.32. The summed E-state index contributed by atoms with van der Waals surface area (Å²) in [6.07, 6.45) is 7.49. The van der Waals surface area contributed by atoms with E-state index in [4.69, 9.17) is 0 Å². The lowest BCUT2D eigenvalue weighted by atomic mass is 10.0. The molecule has 2 heterocycles. The molecule has 0 bridgehead atoms. The van der Waals surface area contributed by atoms with Gasteiger partial charge < -0.3 is 4.98 Å². The number of pyridine rings is 1. The summed E-state index contributed by atoms with van der Waals surface area (Å²) >= 11 is 0. The molecule has 0 atom stereocenters. The average Bonchev–Trinajstić information content (AvgIpc) is 3.04. The molecule has 2 aromatic heterocycles. The Balaban J connectivity index is 1.77. The van der Waals surface area contributed by atoms with Gasteiger partial charge in [0.1, 0.15) is 5.69 Å². The number of aromatic nitrogens is 4. The Bertz CT molecular complexity index is 846. The van der Waals surface area contributed by atoms with Crippen LogP contribution < -0.4 is 5.56 Å². The highest BCUT2D eigenvalue weighted by molar-refractivity contribution is 5.68. The Morgan fingerprint density at radius 3 is 2.65 bits per heavy atom. The van der Waals surface area contributed by atoms with Crippen molar-refractivity contribution in [1.82, 2.24) is 20.0 Å². The lowest BCUT2D eigenvalue weighted by molar-refractivity contribution is 0.563. The van der Waals surface area contributed by atoms with Crippen LogP contribution in [-0.2, 0) is 6.54 Å². The molecular formula is C18H18N4O. The van der Waals surface area contributed by atoms with Gasteiger partial charge in [-0.2, -0.15) is 0 Å². The molecule has 0 aliphatic rings. The van der Waals surface area contributed by atoms with Gasteiger partial charge in [0.15, 0.2) is 0 Å². The summed E-state index contributed by atoms with van der Waals surface area (Å²) in [5.74, 6) is 0. The summed E-state index contributed by atoms with van der Waals surface area (Å²) in [5, 5.41) is 8.36. The molecule has 1 N–H and O–H groups in total. The van der Waals surface area contributed by atoms with Crippen LogP contribution in [0.25, 0.3) is 22.4 Å². The van der Waals surface area contributed by atoms with Crippen molar-refractivity contribution in [2.24, 2.45) is 0 Å². The number of hydrogen-bond donors (Lipinski definition) is 1. The Labute approximate surface area is 134 Å². The van der Waals surface area contributed by atoms with E-state index < -0.39 is 0 Å². The van der Waals surface area contributed by atoms with Crippen molar-refractivity contribution in [3.8, 4) is 22.4 Å². The van der Waals surface area contributed by atoms with E-state index in [1.165, 1.54) is 0 Å². The van der Waals surface area contributed by atoms with E-state index in [1.807, 2.05) is 47.3 Å². The SMILES string of the molecule is C=CCCCn1cc(-c2ccc(-c3cc[nH]c(=O)c3)cc2)nn1. The molecule has 5 heteroatoms. The van der Waals surface area contributed by atoms with Gasteiger partial charge in [-0.15, -0.1) is 11.7 Å². The summed E-state index contributed by atoms with van der Waals surface area (Å²) in [6, 6.07) is 11.4. The maximum atomic E-state index is 11.4. The third-order valence-electron chi connectivity index (χ3n) is 3.62. The molecule has 116 valence electrons. The molecule has 0 radical (unpaired) electrons. The Hall–Kier alpha value is -2.95. The number of nitrogens with zero attached hydrogens (tertiary/aromatic N) is 3. The number of allylic oxidation sites excluding steroid dienone is 1. The van der Waals surface area contributed by atoms with Crippen molar-refractivity contribution in [2.45, 2.75) is 19.4 Å². The number of unbranched alkanes of at least 4 members (excludes halogenated alkanes) is 1. The van der Waals surface area contributed by atoms with Crippen LogP contribution in [0, 0.1) is 0 Å². The van der Waals surface area contributed by atoms with Crippen LogP contribution in [0.4, 0.5) is 0 Å². The van der Waals surface area contributed by atoms with Crippen LogP contribution in [0.15, 0.2) is 66.2 Å². The second kappa shape index (κ2) is 6.87. The summed E-state index contributed by atoms with van der Waals surface area (Å²) in [7, 11) is 0. The molecule has 1 aromatic carbocycles. The number of hydrogen-bond acceptors (Lipinski definition) is 3. The van der Waals surface area contributed by atoms with Crippen LogP contribution in [0.1, 0.15) is 12.8 Å². The number of benzene rings is 1. The molecular weight excluding hydrogens is 288 g/mol. The standard InChI is InChI=1S/C18H18N4O/c1-2-3-4-11-22-13-17(20-21-22)15-7-5-14(6-8-15)16-9-10-19-18(23)12-16/h2,5-10,12-13H,1,3-4,11H2,(H,19,23). The van der Waals surface area contributed by atoms with E-state index >= 15 is 0 Å². The molecule has 5 nitrogen and oxygen atoms in total. The van der Waals surface area contributed by atoms with E-state index in [2.05, 4.69) is 21.9 Å². The minimum absolute atomic E-state index is 0.103. The summed E-state index contributed by atoms with van der Waals surface area (Å²) in [5.41, 5.74) is 3.65. The van der Waals surface area contributed by atoms with Crippen molar-refractivity contribution in [1.29, 1.82) is 0 Å². The molecule has 23 heavy (non-hydrogen) atoms. The van der Waals surface area contributed by atoms with Gasteiger partial charge in [-0.1, -0.05) is 35.6 Å². The molecule has 0 spiro atoms. The zero-order valence-corrected chi connectivity index (χ0v) is 12.8. The largest absolute Gasteiger partial charge is 0.329 e. The highest BCUT2D eigenvalue weighted by Crippen LogP contribution is 2.22. The topological polar surface area (TPSA) is 63.6 Å². The molecule has 0 saturated heterocycles. The molecule has 0 aliphatic carbocycles. The average molecular weight is 306 g/mol. The smallest absolute Gasteiger partial charge is 0.248 e. The van der Waals surface area contributed by atoms with Gasteiger partial charge in [0.2, 0.25) is 5.56 Å². The fraction of sp³-hybridized carbons (Fsp3) is 0.167. The van der Waals surface area contributed by atoms with E-state index in [0.717, 1.165) is 41.8 Å². The minimum atomic E-state index is -0.103. The predicted octanol–water partition coefficient (Wildman–Crippen LogP) is 3.27. The molecule has 3 aromatic rings. The van der Waals surface area contributed by atoms with Crippen LogP contribution in [0.2, 0.25) is 0 Å². The van der Waals surface area contributed by atoms with Gasteiger partial charge >= 0.3 is 0 Å². The lowest BCUT2D eigenvalue weighted by Crippen LogP contribution is -2.01. The van der Waals surface area contributed by atoms with Crippen molar-refractivity contribution in [2.75, 3.05) is 0 Å². The Morgan fingerprint density at radius 1 is 1.13 bits per heavy atom. The summed E-state index contributed by atoms with van der Waals surface area (Å²) in [6.45, 7) is 4.55. The van der Waals surface area contributed by atoms with Crippen molar-refractivity contribution in [3.05, 3.63) is 71.8 Å². The van der Waals surface area contributed by atoms with Gasteiger partial charge in [-0.25, -0.2) is 0 Å². The molecule has 0 fully saturated rings. The van der Waals surface area contributed by atoms with Gasteiger partial charge in [-0.3, -0.25) is 9.48 Å². The van der Waals surface area contributed by atoms with Crippen molar-refractivity contribution < 1.29 is 0 Å². The van der Waals surface area contributed by atoms with Crippen LogP contribution in [-0.4, -0.2) is 20.0 Å². The van der Waals surface area contributed by atoms with Crippen LogP contribution in [0.3, 0.4) is 0 Å². The zero-order chi connectivity index (χ0) is 16.1. The number of aromatic amines is 1. The lowest BCUT2D eigenvalue weighted by Gasteiger charge is -2.02. The third-order valence-corrected chi connectivity index (χ3v) is 3.62. The van der Waals surface area contributed by atoms with Crippen LogP contribution in [0.5, 0.6) is 0 Å². The van der Waals surface area contributed by atoms with Crippen LogP contribution >= 0.6 is 0 Å². The number of nitrogens with one attached hydrogen (secondary N) is 1. The molecule has 0 aliphatic heterocycles. The molecule has 3 rings (SSSR count). The first kappa shape index (κ1) is 15.0. The maximum Gasteiger partial charge on any atom is 0.248 e. The minimum Gasteiger partial charge on any atom is -0.329 e. The zero-order valence-electron chi connectivity index (χ0n) is 12.8. The first-order chi connectivity index (χ1) is 11.3. The third kappa shape index (κ3) is 3.63. The number of H-pyrrole nitrogens is 1. The summed E-state index contributed by atoms with van der Waals surface area (Å²) < 4.78 is 1.85. The first-order valence-electron chi connectivity index (χ1n) is 7.57. The van der Waals surface area contributed by atoms with E-state index in [0.29, 0.717) is 0 Å². The Morgan fingerprint density at radius 2 is 1.91 bits per heavy atom.